The Morgan fingerprint density at radius 2 is 2.17 bits per heavy atom. The number of aromatic nitrogens is 4. The summed E-state index contributed by atoms with van der Waals surface area (Å²) in [5.41, 5.74) is 1.71. The zero-order valence-corrected chi connectivity index (χ0v) is 13.6. The first kappa shape index (κ1) is 14.9. The van der Waals surface area contributed by atoms with Gasteiger partial charge in [-0.05, 0) is 37.5 Å². The summed E-state index contributed by atoms with van der Waals surface area (Å²) < 4.78 is 3.88. The van der Waals surface area contributed by atoms with Crippen molar-refractivity contribution in [3.05, 3.63) is 54.7 Å². The second kappa shape index (κ2) is 6.47. The van der Waals surface area contributed by atoms with E-state index in [4.69, 9.17) is 0 Å². The van der Waals surface area contributed by atoms with Crippen LogP contribution < -0.4 is 0 Å². The zero-order chi connectivity index (χ0) is 16.4. The van der Waals surface area contributed by atoms with Crippen molar-refractivity contribution in [2.75, 3.05) is 6.54 Å². The van der Waals surface area contributed by atoms with Gasteiger partial charge in [0.2, 0.25) is 5.91 Å². The average Bonchev–Trinajstić information content (AvgIpc) is 3.24. The van der Waals surface area contributed by atoms with E-state index in [0.717, 1.165) is 37.3 Å². The third-order valence-corrected chi connectivity index (χ3v) is 4.65. The number of rotatable bonds is 4. The Morgan fingerprint density at radius 3 is 3.00 bits per heavy atom. The molecule has 0 N–H and O–H groups in total. The van der Waals surface area contributed by atoms with Crippen LogP contribution in [0.1, 0.15) is 25.0 Å². The van der Waals surface area contributed by atoms with E-state index in [9.17, 15) is 4.79 Å². The molecule has 1 atom stereocenters. The van der Waals surface area contributed by atoms with Crippen molar-refractivity contribution in [2.45, 2.75) is 38.3 Å². The van der Waals surface area contributed by atoms with Gasteiger partial charge in [-0.3, -0.25) is 9.48 Å². The summed E-state index contributed by atoms with van der Waals surface area (Å²) in [6.07, 6.45) is 11.3. The van der Waals surface area contributed by atoms with Crippen LogP contribution in [0.4, 0.5) is 0 Å². The SMILES string of the molecule is O=C(Cc1cn2ccccc2n1)N1CCCC[C@@H]1Cn1cccn1. The highest BCUT2D eigenvalue weighted by atomic mass is 16.2. The van der Waals surface area contributed by atoms with E-state index in [1.165, 1.54) is 6.42 Å². The maximum absolute atomic E-state index is 12.8. The molecule has 0 saturated carbocycles. The van der Waals surface area contributed by atoms with Crippen molar-refractivity contribution in [3.8, 4) is 0 Å². The van der Waals surface area contributed by atoms with Crippen LogP contribution in [0.3, 0.4) is 0 Å². The first-order chi connectivity index (χ1) is 11.8. The molecule has 1 aliphatic rings. The average molecular weight is 323 g/mol. The van der Waals surface area contributed by atoms with Crippen molar-refractivity contribution >= 4 is 11.6 Å². The molecule has 0 spiro atoms. The van der Waals surface area contributed by atoms with Crippen LogP contribution in [0.2, 0.25) is 0 Å². The monoisotopic (exact) mass is 323 g/mol. The van der Waals surface area contributed by atoms with Crippen molar-refractivity contribution < 1.29 is 4.79 Å². The number of carbonyl (C=O) groups excluding carboxylic acids is 1. The predicted octanol–water partition coefficient (Wildman–Crippen LogP) is 2.15. The Kier molecular flexibility index (Phi) is 4.02. The van der Waals surface area contributed by atoms with Gasteiger partial charge in [0, 0.05) is 31.3 Å². The van der Waals surface area contributed by atoms with Gasteiger partial charge in [0.05, 0.1) is 24.7 Å². The summed E-state index contributed by atoms with van der Waals surface area (Å²) in [5.74, 6) is 0.162. The van der Waals surface area contributed by atoms with Crippen LogP contribution in [0.25, 0.3) is 5.65 Å². The lowest BCUT2D eigenvalue weighted by Crippen LogP contribution is -2.46. The Hall–Kier alpha value is -2.63. The fourth-order valence-electron chi connectivity index (χ4n) is 3.47. The maximum Gasteiger partial charge on any atom is 0.228 e. The minimum absolute atomic E-state index is 0.162. The van der Waals surface area contributed by atoms with Crippen LogP contribution in [-0.2, 0) is 17.8 Å². The molecule has 0 unspecified atom stereocenters. The number of pyridine rings is 1. The molecule has 1 aliphatic heterocycles. The normalized spacial score (nSPS) is 18.2. The Balaban J connectivity index is 1.48. The van der Waals surface area contributed by atoms with Gasteiger partial charge in [0.25, 0.3) is 0 Å². The summed E-state index contributed by atoms with van der Waals surface area (Å²) in [6, 6.07) is 8.02. The quantitative estimate of drug-likeness (QED) is 0.739. The third kappa shape index (κ3) is 3.04. The molecule has 6 heteroatoms. The summed E-state index contributed by atoms with van der Waals surface area (Å²) in [5, 5.41) is 4.28. The summed E-state index contributed by atoms with van der Waals surface area (Å²) >= 11 is 0. The minimum atomic E-state index is 0.162. The van der Waals surface area contributed by atoms with Gasteiger partial charge in [-0.15, -0.1) is 0 Å². The molecule has 4 rings (SSSR count). The molecule has 4 heterocycles. The van der Waals surface area contributed by atoms with Crippen LogP contribution in [0, 0.1) is 0 Å². The number of hydrogen-bond acceptors (Lipinski definition) is 3. The summed E-state index contributed by atoms with van der Waals surface area (Å²) in [7, 11) is 0. The highest BCUT2D eigenvalue weighted by Crippen LogP contribution is 2.20. The number of carbonyl (C=O) groups is 1. The number of amides is 1. The smallest absolute Gasteiger partial charge is 0.228 e. The van der Waals surface area contributed by atoms with Crippen LogP contribution in [-0.4, -0.2) is 42.6 Å². The second-order valence-corrected chi connectivity index (χ2v) is 6.34. The summed E-state index contributed by atoms with van der Waals surface area (Å²) in [4.78, 5) is 19.4. The molecular formula is C18H21N5O. The van der Waals surface area contributed by atoms with Crippen molar-refractivity contribution in [3.63, 3.8) is 0 Å². The number of fused-ring (bicyclic) bond motifs is 1. The van der Waals surface area contributed by atoms with Gasteiger partial charge in [0.15, 0.2) is 0 Å². The van der Waals surface area contributed by atoms with Crippen LogP contribution >= 0.6 is 0 Å². The predicted molar refractivity (Wildman–Crippen MR) is 90.5 cm³/mol. The van der Waals surface area contributed by atoms with Gasteiger partial charge in [0.1, 0.15) is 5.65 Å². The zero-order valence-electron chi connectivity index (χ0n) is 13.6. The Labute approximate surface area is 140 Å². The van der Waals surface area contributed by atoms with Gasteiger partial charge >= 0.3 is 0 Å². The molecule has 0 radical (unpaired) electrons. The highest BCUT2D eigenvalue weighted by Gasteiger charge is 2.27. The Bertz CT molecular complexity index is 790. The van der Waals surface area contributed by atoms with E-state index in [0.29, 0.717) is 6.42 Å². The van der Waals surface area contributed by atoms with E-state index in [1.54, 1.807) is 6.20 Å². The fourth-order valence-corrected chi connectivity index (χ4v) is 3.47. The molecule has 3 aromatic heterocycles. The number of imidazole rings is 1. The molecule has 3 aromatic rings. The standard InChI is InChI=1S/C18H21N5O/c24-18(12-15-13-21-9-3-2-7-17(21)20-15)23-11-4-1-6-16(23)14-22-10-5-8-19-22/h2-3,5,7-10,13,16H,1,4,6,11-12,14H2/t16-/m1/s1. The number of piperidine rings is 1. The molecule has 1 fully saturated rings. The van der Waals surface area contributed by atoms with Gasteiger partial charge in [-0.1, -0.05) is 6.07 Å². The molecule has 0 aromatic carbocycles. The molecule has 0 aliphatic carbocycles. The summed E-state index contributed by atoms with van der Waals surface area (Å²) in [6.45, 7) is 1.60. The fraction of sp³-hybridized carbons (Fsp3) is 0.389. The number of likely N-dealkylation sites (tertiary alicyclic amines) is 1. The van der Waals surface area contributed by atoms with E-state index in [2.05, 4.69) is 10.1 Å². The first-order valence-electron chi connectivity index (χ1n) is 8.49. The largest absolute Gasteiger partial charge is 0.338 e. The van der Waals surface area contributed by atoms with Gasteiger partial charge < -0.3 is 9.30 Å². The van der Waals surface area contributed by atoms with E-state index in [1.807, 2.05) is 56.8 Å². The van der Waals surface area contributed by atoms with Gasteiger partial charge in [-0.25, -0.2) is 4.98 Å². The van der Waals surface area contributed by atoms with Crippen LogP contribution in [0.5, 0.6) is 0 Å². The first-order valence-corrected chi connectivity index (χ1v) is 8.49. The minimum Gasteiger partial charge on any atom is -0.338 e. The second-order valence-electron chi connectivity index (χ2n) is 6.34. The maximum atomic E-state index is 12.8. The van der Waals surface area contributed by atoms with Crippen LogP contribution in [0.15, 0.2) is 49.1 Å². The molecule has 24 heavy (non-hydrogen) atoms. The van der Waals surface area contributed by atoms with Crippen molar-refractivity contribution in [2.24, 2.45) is 0 Å². The van der Waals surface area contributed by atoms with E-state index >= 15 is 0 Å². The molecule has 124 valence electrons. The number of nitrogens with zero attached hydrogens (tertiary/aromatic N) is 5. The van der Waals surface area contributed by atoms with Gasteiger partial charge in [-0.2, -0.15) is 5.10 Å². The lowest BCUT2D eigenvalue weighted by molar-refractivity contribution is -0.134. The number of hydrogen-bond donors (Lipinski definition) is 0. The lowest BCUT2D eigenvalue weighted by atomic mass is 10.0. The molecule has 1 saturated heterocycles. The molecule has 6 nitrogen and oxygen atoms in total. The van der Waals surface area contributed by atoms with E-state index < -0.39 is 0 Å². The molecule has 1 amide bonds. The lowest BCUT2D eigenvalue weighted by Gasteiger charge is -2.35. The Morgan fingerprint density at radius 1 is 1.21 bits per heavy atom. The van der Waals surface area contributed by atoms with E-state index in [-0.39, 0.29) is 11.9 Å². The molecular weight excluding hydrogens is 302 g/mol. The van der Waals surface area contributed by atoms with Crippen molar-refractivity contribution in [1.82, 2.24) is 24.1 Å². The highest BCUT2D eigenvalue weighted by molar-refractivity contribution is 5.79. The topological polar surface area (TPSA) is 55.4 Å². The van der Waals surface area contributed by atoms with Crippen molar-refractivity contribution in [1.29, 1.82) is 0 Å². The third-order valence-electron chi connectivity index (χ3n) is 4.65. The molecule has 0 bridgehead atoms.